The van der Waals surface area contributed by atoms with E-state index in [1.165, 1.54) is 0 Å². The zero-order valence-electron chi connectivity index (χ0n) is 9.75. The summed E-state index contributed by atoms with van der Waals surface area (Å²) in [4.78, 5) is 9.88. The van der Waals surface area contributed by atoms with Gasteiger partial charge in [0.1, 0.15) is 6.20 Å². The van der Waals surface area contributed by atoms with Crippen molar-refractivity contribution in [1.82, 2.24) is 9.78 Å². The number of nitro groups is 1. The first-order valence-electron chi connectivity index (χ1n) is 5.28. The molecule has 1 aromatic rings. The van der Waals surface area contributed by atoms with E-state index >= 15 is 0 Å². The molecule has 0 aliphatic carbocycles. The molecule has 2 heterocycles. The van der Waals surface area contributed by atoms with Gasteiger partial charge in [-0.25, -0.2) is 8.78 Å². The highest BCUT2D eigenvalue weighted by atomic mass is 19.3. The van der Waals surface area contributed by atoms with Gasteiger partial charge in [-0.3, -0.25) is 14.8 Å². The number of hydrogen-bond acceptors (Lipinski definition) is 5. The quantitative estimate of drug-likeness (QED) is 0.606. The van der Waals surface area contributed by atoms with Crippen LogP contribution >= 0.6 is 0 Å². The van der Waals surface area contributed by atoms with Gasteiger partial charge in [-0.2, -0.15) is 4.39 Å². The molecule has 1 aliphatic heterocycles. The number of ether oxygens (including phenoxy) is 2. The highest BCUT2D eigenvalue weighted by Crippen LogP contribution is 2.33. The minimum absolute atomic E-state index is 0.242. The van der Waals surface area contributed by atoms with Crippen molar-refractivity contribution < 1.29 is 27.6 Å². The summed E-state index contributed by atoms with van der Waals surface area (Å²) in [6.07, 6.45) is -2.45. The highest BCUT2D eigenvalue weighted by molar-refractivity contribution is 5.39. The Hall–Kier alpha value is -1.84. The Bertz CT molecular complexity index is 487. The zero-order valence-corrected chi connectivity index (χ0v) is 9.75. The second-order valence-electron chi connectivity index (χ2n) is 4.14. The van der Waals surface area contributed by atoms with Crippen molar-refractivity contribution in [2.24, 2.45) is 0 Å². The maximum atomic E-state index is 13.4. The summed E-state index contributed by atoms with van der Waals surface area (Å²) in [6, 6.07) is -0.242. The molecule has 1 atom stereocenters. The van der Waals surface area contributed by atoms with Crippen LogP contribution in [0.15, 0.2) is 6.20 Å². The molecule has 1 fully saturated rings. The van der Waals surface area contributed by atoms with E-state index in [1.54, 1.807) is 0 Å². The fraction of sp³-hybridized carbons (Fsp3) is 0.667. The molecule has 1 saturated heterocycles. The molecule has 0 amide bonds. The van der Waals surface area contributed by atoms with Gasteiger partial charge < -0.3 is 9.47 Å². The van der Waals surface area contributed by atoms with Gasteiger partial charge in [0.2, 0.25) is 0 Å². The van der Waals surface area contributed by atoms with Crippen molar-refractivity contribution in [3.63, 3.8) is 0 Å². The lowest BCUT2D eigenvalue weighted by atomic mass is 10.3. The molecule has 1 unspecified atom stereocenters. The SMILES string of the molecule is CC(F)(Oc1nn(C2COC2)cc1[N+](=O)[O-])C(F)F. The van der Waals surface area contributed by atoms with Crippen molar-refractivity contribution in [2.45, 2.75) is 25.2 Å². The maximum Gasteiger partial charge on any atom is 0.350 e. The van der Waals surface area contributed by atoms with Gasteiger partial charge in [0.05, 0.1) is 24.2 Å². The molecule has 0 bridgehead atoms. The number of nitrogens with zero attached hydrogens (tertiary/aromatic N) is 3. The zero-order chi connectivity index (χ0) is 14.2. The van der Waals surface area contributed by atoms with Crippen LogP contribution in [0.3, 0.4) is 0 Å². The molecule has 0 radical (unpaired) electrons. The van der Waals surface area contributed by atoms with Gasteiger partial charge in [-0.05, 0) is 0 Å². The van der Waals surface area contributed by atoms with Crippen LogP contribution in [0.4, 0.5) is 18.9 Å². The first-order valence-corrected chi connectivity index (χ1v) is 5.28. The lowest BCUT2D eigenvalue weighted by molar-refractivity contribution is -0.386. The Labute approximate surface area is 105 Å². The summed E-state index contributed by atoms with van der Waals surface area (Å²) < 4.78 is 48.4. The van der Waals surface area contributed by atoms with E-state index in [-0.39, 0.29) is 6.04 Å². The van der Waals surface area contributed by atoms with Crippen molar-refractivity contribution in [2.75, 3.05) is 13.2 Å². The van der Waals surface area contributed by atoms with Gasteiger partial charge in [-0.15, -0.1) is 5.10 Å². The van der Waals surface area contributed by atoms with Crippen LogP contribution in [-0.2, 0) is 4.74 Å². The Morgan fingerprint density at radius 3 is 2.74 bits per heavy atom. The monoisotopic (exact) mass is 281 g/mol. The molecule has 2 rings (SSSR count). The normalized spacial score (nSPS) is 19.0. The lowest BCUT2D eigenvalue weighted by Gasteiger charge is -2.25. The molecule has 19 heavy (non-hydrogen) atoms. The summed E-state index contributed by atoms with van der Waals surface area (Å²) in [5.41, 5.74) is -0.670. The average Bonchev–Trinajstić information content (AvgIpc) is 2.57. The molecule has 10 heteroatoms. The highest BCUT2D eigenvalue weighted by Gasteiger charge is 2.41. The number of rotatable bonds is 5. The van der Waals surface area contributed by atoms with Gasteiger partial charge in [-0.1, -0.05) is 0 Å². The fourth-order valence-electron chi connectivity index (χ4n) is 1.36. The van der Waals surface area contributed by atoms with Crippen LogP contribution in [0.5, 0.6) is 5.88 Å². The summed E-state index contributed by atoms with van der Waals surface area (Å²) >= 11 is 0. The average molecular weight is 281 g/mol. The Kier molecular flexibility index (Phi) is 3.35. The first-order chi connectivity index (χ1) is 8.81. The van der Waals surface area contributed by atoms with E-state index in [4.69, 9.17) is 4.74 Å². The minimum atomic E-state index is -3.45. The standard InChI is InChI=1S/C9H10F3N3O4/c1-9(12,8(10)11)19-7-6(15(16)17)2-14(13-7)5-3-18-4-5/h2,5,8H,3-4H2,1H3. The molecule has 0 saturated carbocycles. The summed E-state index contributed by atoms with van der Waals surface area (Å²) in [6.45, 7) is 1.06. The molecule has 1 aliphatic rings. The van der Waals surface area contributed by atoms with Crippen molar-refractivity contribution in [3.05, 3.63) is 16.3 Å². The van der Waals surface area contributed by atoms with E-state index < -0.39 is 28.8 Å². The molecular weight excluding hydrogens is 271 g/mol. The predicted molar refractivity (Wildman–Crippen MR) is 54.9 cm³/mol. The second kappa shape index (κ2) is 4.68. The van der Waals surface area contributed by atoms with Crippen LogP contribution in [0.2, 0.25) is 0 Å². The second-order valence-corrected chi connectivity index (χ2v) is 4.14. The Morgan fingerprint density at radius 2 is 2.32 bits per heavy atom. The number of aromatic nitrogens is 2. The van der Waals surface area contributed by atoms with Gasteiger partial charge >= 0.3 is 23.8 Å². The third-order valence-corrected chi connectivity index (χ3v) is 2.56. The third kappa shape index (κ3) is 2.62. The predicted octanol–water partition coefficient (Wildman–Crippen LogP) is 1.69. The van der Waals surface area contributed by atoms with Crippen LogP contribution in [0, 0.1) is 10.1 Å². The first kappa shape index (κ1) is 13.6. The molecule has 0 aromatic carbocycles. The number of hydrogen-bond donors (Lipinski definition) is 0. The van der Waals surface area contributed by atoms with Crippen LogP contribution in [0.1, 0.15) is 13.0 Å². The van der Waals surface area contributed by atoms with Crippen molar-refractivity contribution in [3.8, 4) is 5.88 Å². The maximum absolute atomic E-state index is 13.4. The Morgan fingerprint density at radius 1 is 1.68 bits per heavy atom. The van der Waals surface area contributed by atoms with E-state index in [1.807, 2.05) is 0 Å². The summed E-state index contributed by atoms with van der Waals surface area (Å²) in [7, 11) is 0. The molecule has 106 valence electrons. The van der Waals surface area contributed by atoms with E-state index in [9.17, 15) is 23.3 Å². The topological polar surface area (TPSA) is 79.4 Å². The van der Waals surface area contributed by atoms with E-state index in [0.29, 0.717) is 20.1 Å². The fourth-order valence-corrected chi connectivity index (χ4v) is 1.36. The van der Waals surface area contributed by atoms with Crippen LogP contribution in [-0.4, -0.2) is 40.2 Å². The molecule has 1 aromatic heterocycles. The summed E-state index contributed by atoms with van der Waals surface area (Å²) in [5.74, 6) is -4.12. The number of alkyl halides is 3. The number of halogens is 3. The molecule has 7 nitrogen and oxygen atoms in total. The molecule has 0 N–H and O–H groups in total. The third-order valence-electron chi connectivity index (χ3n) is 2.56. The van der Waals surface area contributed by atoms with Gasteiger partial charge in [0.15, 0.2) is 0 Å². The lowest BCUT2D eigenvalue weighted by Crippen LogP contribution is -2.35. The van der Waals surface area contributed by atoms with Crippen LogP contribution in [0.25, 0.3) is 0 Å². The van der Waals surface area contributed by atoms with Crippen molar-refractivity contribution in [1.29, 1.82) is 0 Å². The van der Waals surface area contributed by atoms with Gasteiger partial charge in [0.25, 0.3) is 0 Å². The smallest absolute Gasteiger partial charge is 0.350 e. The van der Waals surface area contributed by atoms with Crippen molar-refractivity contribution >= 4 is 5.69 Å². The van der Waals surface area contributed by atoms with Crippen LogP contribution < -0.4 is 4.74 Å². The van der Waals surface area contributed by atoms with E-state index in [2.05, 4.69) is 9.84 Å². The summed E-state index contributed by atoms with van der Waals surface area (Å²) in [5, 5.41) is 14.4. The Balaban J connectivity index is 2.27. The van der Waals surface area contributed by atoms with E-state index in [0.717, 1.165) is 10.9 Å². The minimum Gasteiger partial charge on any atom is -0.429 e. The molecule has 0 spiro atoms. The molecular formula is C9H10F3N3O4. The largest absolute Gasteiger partial charge is 0.429 e. The van der Waals surface area contributed by atoms with Gasteiger partial charge in [0, 0.05) is 6.92 Å².